The van der Waals surface area contributed by atoms with E-state index in [-0.39, 0.29) is 0 Å². The Morgan fingerprint density at radius 2 is 2.36 bits per heavy atom. The molecule has 1 N–H and O–H groups in total. The first-order chi connectivity index (χ1) is 6.81. The predicted octanol–water partition coefficient (Wildman–Crippen LogP) is 2.85. The van der Waals surface area contributed by atoms with Crippen molar-refractivity contribution in [3.05, 3.63) is 27.3 Å². The minimum Gasteiger partial charge on any atom is -0.372 e. The van der Waals surface area contributed by atoms with Gasteiger partial charge in [0.2, 0.25) is 0 Å². The number of nitrogens with zero attached hydrogens (tertiary/aromatic N) is 2. The molecule has 0 spiro atoms. The van der Waals surface area contributed by atoms with Crippen molar-refractivity contribution >= 4 is 39.7 Å². The van der Waals surface area contributed by atoms with E-state index in [0.29, 0.717) is 0 Å². The van der Waals surface area contributed by atoms with Gasteiger partial charge in [-0.15, -0.1) is 11.3 Å². The molecule has 3 nitrogen and oxygen atoms in total. The molecule has 2 heterocycles. The smallest absolute Gasteiger partial charge is 0.171 e. The third kappa shape index (κ3) is 1.88. The number of hydrogen-bond acceptors (Lipinski definition) is 4. The molecule has 14 heavy (non-hydrogen) atoms. The summed E-state index contributed by atoms with van der Waals surface area (Å²) >= 11 is 3.86. The predicted molar refractivity (Wildman–Crippen MR) is 67.6 cm³/mol. The van der Waals surface area contributed by atoms with Crippen LogP contribution in [0.3, 0.4) is 0 Å². The zero-order valence-corrected chi connectivity index (χ0v) is 10.5. The van der Waals surface area contributed by atoms with E-state index < -0.39 is 0 Å². The van der Waals surface area contributed by atoms with Crippen LogP contribution in [-0.4, -0.2) is 17.0 Å². The van der Waals surface area contributed by atoms with E-state index >= 15 is 0 Å². The zero-order valence-electron chi connectivity index (χ0n) is 7.49. The molecule has 0 aliphatic carbocycles. The highest BCUT2D eigenvalue weighted by atomic mass is 127. The second-order valence-corrected chi connectivity index (χ2v) is 4.73. The van der Waals surface area contributed by atoms with E-state index in [2.05, 4.69) is 37.9 Å². The Morgan fingerprint density at radius 3 is 3.00 bits per heavy atom. The van der Waals surface area contributed by atoms with Crippen molar-refractivity contribution in [1.29, 1.82) is 0 Å². The SMILES string of the molecule is CNc1nc(-c2cccs2)ncc1I. The molecule has 0 unspecified atom stereocenters. The molecule has 72 valence electrons. The Labute approximate surface area is 99.7 Å². The van der Waals surface area contributed by atoms with Gasteiger partial charge < -0.3 is 5.32 Å². The molecule has 0 aromatic carbocycles. The highest BCUT2D eigenvalue weighted by Crippen LogP contribution is 2.23. The van der Waals surface area contributed by atoms with Gasteiger partial charge in [-0.05, 0) is 34.0 Å². The molecular weight excluding hydrogens is 309 g/mol. The second-order valence-electron chi connectivity index (χ2n) is 2.62. The molecule has 2 aromatic rings. The molecule has 0 atom stereocenters. The van der Waals surface area contributed by atoms with Gasteiger partial charge in [0.1, 0.15) is 5.82 Å². The number of thiophene rings is 1. The lowest BCUT2D eigenvalue weighted by atomic mass is 10.4. The monoisotopic (exact) mass is 317 g/mol. The first kappa shape index (κ1) is 9.85. The maximum absolute atomic E-state index is 4.41. The minimum atomic E-state index is 0.782. The molecule has 0 saturated carbocycles. The maximum atomic E-state index is 4.41. The molecule has 0 fully saturated rings. The Morgan fingerprint density at radius 1 is 1.50 bits per heavy atom. The quantitative estimate of drug-likeness (QED) is 0.866. The summed E-state index contributed by atoms with van der Waals surface area (Å²) in [6.07, 6.45) is 1.83. The lowest BCUT2D eigenvalue weighted by molar-refractivity contribution is 1.16. The van der Waals surface area contributed by atoms with Crippen molar-refractivity contribution in [3.63, 3.8) is 0 Å². The van der Waals surface area contributed by atoms with Crippen molar-refractivity contribution in [2.75, 3.05) is 12.4 Å². The van der Waals surface area contributed by atoms with Crippen LogP contribution in [0.2, 0.25) is 0 Å². The maximum Gasteiger partial charge on any atom is 0.171 e. The average Bonchev–Trinajstić information content (AvgIpc) is 2.71. The van der Waals surface area contributed by atoms with Crippen molar-refractivity contribution in [2.24, 2.45) is 0 Å². The standard InChI is InChI=1S/C9H8IN3S/c1-11-8-6(10)5-12-9(13-8)7-3-2-4-14-7/h2-5H,1H3,(H,11,12,13). The Hall–Kier alpha value is -0.690. The van der Waals surface area contributed by atoms with Gasteiger partial charge in [0, 0.05) is 13.2 Å². The Bertz CT molecular complexity index is 428. The van der Waals surface area contributed by atoms with Crippen LogP contribution in [0.4, 0.5) is 5.82 Å². The van der Waals surface area contributed by atoms with E-state index in [1.165, 1.54) is 0 Å². The van der Waals surface area contributed by atoms with Crippen molar-refractivity contribution in [3.8, 4) is 10.7 Å². The number of aromatic nitrogens is 2. The number of halogens is 1. The number of anilines is 1. The zero-order chi connectivity index (χ0) is 9.97. The fourth-order valence-corrected chi connectivity index (χ4v) is 2.26. The van der Waals surface area contributed by atoms with E-state index in [9.17, 15) is 0 Å². The van der Waals surface area contributed by atoms with Crippen LogP contribution in [0.1, 0.15) is 0 Å². The van der Waals surface area contributed by atoms with Gasteiger partial charge in [-0.25, -0.2) is 9.97 Å². The molecule has 5 heteroatoms. The van der Waals surface area contributed by atoms with Crippen LogP contribution in [-0.2, 0) is 0 Å². The lowest BCUT2D eigenvalue weighted by Crippen LogP contribution is -1.98. The topological polar surface area (TPSA) is 37.8 Å². The second kappa shape index (κ2) is 4.22. The number of rotatable bonds is 2. The number of hydrogen-bond donors (Lipinski definition) is 1. The van der Waals surface area contributed by atoms with Crippen LogP contribution in [0.15, 0.2) is 23.7 Å². The lowest BCUT2D eigenvalue weighted by Gasteiger charge is -2.03. The molecule has 0 radical (unpaired) electrons. The molecule has 0 bridgehead atoms. The summed E-state index contributed by atoms with van der Waals surface area (Å²) in [5.74, 6) is 1.66. The Kier molecular flexibility index (Phi) is 2.97. The molecule has 2 aromatic heterocycles. The summed E-state index contributed by atoms with van der Waals surface area (Å²) in [7, 11) is 1.86. The normalized spacial score (nSPS) is 10.1. The van der Waals surface area contributed by atoms with Crippen LogP contribution >= 0.6 is 33.9 Å². The fourth-order valence-electron chi connectivity index (χ4n) is 1.07. The van der Waals surface area contributed by atoms with E-state index in [4.69, 9.17) is 0 Å². The number of nitrogens with one attached hydrogen (secondary N) is 1. The largest absolute Gasteiger partial charge is 0.372 e. The molecule has 2 rings (SSSR count). The summed E-state index contributed by atoms with van der Waals surface area (Å²) < 4.78 is 1.03. The van der Waals surface area contributed by atoms with E-state index in [1.807, 2.05) is 30.8 Å². The van der Waals surface area contributed by atoms with E-state index in [0.717, 1.165) is 20.1 Å². The van der Waals surface area contributed by atoms with Gasteiger partial charge in [-0.2, -0.15) is 0 Å². The summed E-state index contributed by atoms with van der Waals surface area (Å²) in [5, 5.41) is 5.07. The van der Waals surface area contributed by atoms with Gasteiger partial charge >= 0.3 is 0 Å². The first-order valence-electron chi connectivity index (χ1n) is 4.05. The summed E-state index contributed by atoms with van der Waals surface area (Å²) in [5.41, 5.74) is 0. The summed E-state index contributed by atoms with van der Waals surface area (Å²) in [6.45, 7) is 0. The van der Waals surface area contributed by atoms with Gasteiger partial charge in [-0.1, -0.05) is 6.07 Å². The van der Waals surface area contributed by atoms with Gasteiger partial charge in [0.15, 0.2) is 5.82 Å². The van der Waals surface area contributed by atoms with Crippen LogP contribution in [0.5, 0.6) is 0 Å². The van der Waals surface area contributed by atoms with Crippen LogP contribution in [0, 0.1) is 3.57 Å². The summed E-state index contributed by atoms with van der Waals surface area (Å²) in [4.78, 5) is 9.79. The van der Waals surface area contributed by atoms with Gasteiger partial charge in [0.25, 0.3) is 0 Å². The van der Waals surface area contributed by atoms with Crippen molar-refractivity contribution < 1.29 is 0 Å². The van der Waals surface area contributed by atoms with Crippen LogP contribution in [0.25, 0.3) is 10.7 Å². The molecule has 0 saturated heterocycles. The molecule has 0 aliphatic heterocycles. The van der Waals surface area contributed by atoms with E-state index in [1.54, 1.807) is 11.3 Å². The molecule has 0 amide bonds. The van der Waals surface area contributed by atoms with Crippen LogP contribution < -0.4 is 5.32 Å². The van der Waals surface area contributed by atoms with Crippen molar-refractivity contribution in [1.82, 2.24) is 9.97 Å². The minimum absolute atomic E-state index is 0.782. The third-order valence-electron chi connectivity index (χ3n) is 1.72. The fraction of sp³-hybridized carbons (Fsp3) is 0.111. The van der Waals surface area contributed by atoms with Gasteiger partial charge in [0.05, 0.1) is 8.45 Å². The third-order valence-corrected chi connectivity index (χ3v) is 3.38. The molecule has 0 aliphatic rings. The molecular formula is C9H8IN3S. The van der Waals surface area contributed by atoms with Crippen molar-refractivity contribution in [2.45, 2.75) is 0 Å². The Balaban J connectivity index is 2.46. The first-order valence-corrected chi connectivity index (χ1v) is 6.01. The average molecular weight is 317 g/mol. The highest BCUT2D eigenvalue weighted by Gasteiger charge is 2.05. The highest BCUT2D eigenvalue weighted by molar-refractivity contribution is 14.1. The summed E-state index contributed by atoms with van der Waals surface area (Å²) in [6, 6.07) is 4.02. The van der Waals surface area contributed by atoms with Gasteiger partial charge in [-0.3, -0.25) is 0 Å².